The Bertz CT molecular complexity index is 119. The van der Waals surface area contributed by atoms with Gasteiger partial charge in [-0.1, -0.05) is 6.92 Å². The van der Waals surface area contributed by atoms with Crippen molar-refractivity contribution in [2.75, 3.05) is 6.54 Å². The molecule has 1 heterocycles. The van der Waals surface area contributed by atoms with Crippen LogP contribution in [0.15, 0.2) is 0 Å². The second-order valence-electron chi connectivity index (χ2n) is 2.35. The maximum atomic E-state index is 10.7. The standard InChI is InChI=1S/C7H12NO2/c1-2-7(9)10-6-4-3-5-8-6/h6H,2-5H2,1H3. The predicted octanol–water partition coefficient (Wildman–Crippen LogP) is 0.664. The van der Waals surface area contributed by atoms with E-state index in [0.717, 1.165) is 19.4 Å². The van der Waals surface area contributed by atoms with Crippen LogP contribution in [0.3, 0.4) is 0 Å². The maximum absolute atomic E-state index is 10.7. The van der Waals surface area contributed by atoms with Crippen LogP contribution >= 0.6 is 0 Å². The molecule has 1 radical (unpaired) electrons. The Morgan fingerprint density at radius 2 is 2.60 bits per heavy atom. The fraction of sp³-hybridized carbons (Fsp3) is 0.857. The van der Waals surface area contributed by atoms with Crippen molar-refractivity contribution in [2.45, 2.75) is 32.4 Å². The lowest BCUT2D eigenvalue weighted by molar-refractivity contribution is -0.149. The fourth-order valence-corrected chi connectivity index (χ4v) is 0.924. The molecule has 0 spiro atoms. The minimum absolute atomic E-state index is 0.132. The summed E-state index contributed by atoms with van der Waals surface area (Å²) in [7, 11) is 0. The van der Waals surface area contributed by atoms with Crippen LogP contribution in [-0.4, -0.2) is 18.7 Å². The summed E-state index contributed by atoms with van der Waals surface area (Å²) in [6.45, 7) is 2.64. The third-order valence-electron chi connectivity index (χ3n) is 1.50. The van der Waals surface area contributed by atoms with Gasteiger partial charge in [-0.25, -0.2) is 5.32 Å². The number of carbonyl (C=O) groups excluding carboxylic acids is 1. The zero-order valence-corrected chi connectivity index (χ0v) is 6.17. The van der Waals surface area contributed by atoms with Crippen LogP contribution in [0.5, 0.6) is 0 Å². The Hall–Kier alpha value is -0.570. The molecule has 3 heteroatoms. The molecule has 1 saturated heterocycles. The molecular formula is C7H12NO2. The summed E-state index contributed by atoms with van der Waals surface area (Å²) in [6.07, 6.45) is 2.28. The summed E-state index contributed by atoms with van der Waals surface area (Å²) in [4.78, 5) is 10.7. The second kappa shape index (κ2) is 3.56. The van der Waals surface area contributed by atoms with Crippen LogP contribution in [0.4, 0.5) is 0 Å². The molecule has 0 aromatic heterocycles. The van der Waals surface area contributed by atoms with Crippen LogP contribution in [0.25, 0.3) is 0 Å². The molecule has 1 aliphatic heterocycles. The Morgan fingerprint density at radius 3 is 3.10 bits per heavy atom. The molecular weight excluding hydrogens is 130 g/mol. The lowest BCUT2D eigenvalue weighted by atomic mass is 10.4. The smallest absolute Gasteiger partial charge is 0.307 e. The van der Waals surface area contributed by atoms with Crippen LogP contribution in [0.2, 0.25) is 0 Å². The molecule has 0 aliphatic carbocycles. The van der Waals surface area contributed by atoms with E-state index in [1.807, 2.05) is 0 Å². The Kier molecular flexibility index (Phi) is 2.68. The molecule has 57 valence electrons. The van der Waals surface area contributed by atoms with Crippen molar-refractivity contribution in [3.63, 3.8) is 0 Å². The van der Waals surface area contributed by atoms with Crippen molar-refractivity contribution >= 4 is 5.97 Å². The maximum Gasteiger partial charge on any atom is 0.307 e. The summed E-state index contributed by atoms with van der Waals surface area (Å²) < 4.78 is 4.95. The van der Waals surface area contributed by atoms with Gasteiger partial charge < -0.3 is 4.74 Å². The van der Waals surface area contributed by atoms with Gasteiger partial charge in [0.25, 0.3) is 0 Å². The van der Waals surface area contributed by atoms with Crippen LogP contribution in [0.1, 0.15) is 26.2 Å². The number of nitrogens with zero attached hydrogens (tertiary/aromatic N) is 1. The van der Waals surface area contributed by atoms with E-state index in [9.17, 15) is 4.79 Å². The summed E-state index contributed by atoms with van der Waals surface area (Å²) in [5, 5.41) is 4.08. The molecule has 10 heavy (non-hydrogen) atoms. The van der Waals surface area contributed by atoms with E-state index in [0.29, 0.717) is 6.42 Å². The highest BCUT2D eigenvalue weighted by atomic mass is 16.6. The first-order valence-corrected chi connectivity index (χ1v) is 3.69. The minimum atomic E-state index is -0.143. The molecule has 1 aliphatic rings. The molecule has 1 fully saturated rings. The molecule has 3 nitrogen and oxygen atoms in total. The fourth-order valence-electron chi connectivity index (χ4n) is 0.924. The third kappa shape index (κ3) is 1.99. The first-order chi connectivity index (χ1) is 4.83. The summed E-state index contributed by atoms with van der Waals surface area (Å²) in [6, 6.07) is 0. The van der Waals surface area contributed by atoms with Crippen molar-refractivity contribution < 1.29 is 9.53 Å². The van der Waals surface area contributed by atoms with E-state index in [1.165, 1.54) is 0 Å². The molecule has 1 unspecified atom stereocenters. The van der Waals surface area contributed by atoms with E-state index in [2.05, 4.69) is 5.32 Å². The lowest BCUT2D eigenvalue weighted by Crippen LogP contribution is -2.21. The summed E-state index contributed by atoms with van der Waals surface area (Å²) in [5.41, 5.74) is 0. The highest BCUT2D eigenvalue weighted by molar-refractivity contribution is 5.69. The van der Waals surface area contributed by atoms with E-state index in [4.69, 9.17) is 4.74 Å². The Labute approximate surface area is 60.7 Å². The van der Waals surface area contributed by atoms with Crippen molar-refractivity contribution in [1.82, 2.24) is 5.32 Å². The highest BCUT2D eigenvalue weighted by Gasteiger charge is 2.18. The van der Waals surface area contributed by atoms with Crippen molar-refractivity contribution in [3.05, 3.63) is 0 Å². The molecule has 0 bridgehead atoms. The summed E-state index contributed by atoms with van der Waals surface area (Å²) >= 11 is 0. The van der Waals surface area contributed by atoms with Crippen molar-refractivity contribution in [1.29, 1.82) is 0 Å². The van der Waals surface area contributed by atoms with E-state index in [-0.39, 0.29) is 12.2 Å². The minimum Gasteiger partial charge on any atom is -0.445 e. The Balaban J connectivity index is 2.17. The molecule has 0 N–H and O–H groups in total. The molecule has 1 rings (SSSR count). The normalized spacial score (nSPS) is 24.7. The second-order valence-corrected chi connectivity index (χ2v) is 2.35. The molecule has 0 aromatic rings. The zero-order chi connectivity index (χ0) is 7.40. The lowest BCUT2D eigenvalue weighted by Gasteiger charge is -2.08. The van der Waals surface area contributed by atoms with Crippen molar-refractivity contribution in [3.8, 4) is 0 Å². The van der Waals surface area contributed by atoms with Crippen LogP contribution in [0, 0.1) is 0 Å². The van der Waals surface area contributed by atoms with Gasteiger partial charge in [-0.2, -0.15) is 0 Å². The SMILES string of the molecule is CCC(=O)OC1CCC[N]1. The number of esters is 1. The van der Waals surface area contributed by atoms with E-state index >= 15 is 0 Å². The van der Waals surface area contributed by atoms with Crippen molar-refractivity contribution in [2.24, 2.45) is 0 Å². The number of hydrogen-bond donors (Lipinski definition) is 0. The van der Waals surface area contributed by atoms with Crippen LogP contribution < -0.4 is 5.32 Å². The quantitative estimate of drug-likeness (QED) is 0.531. The van der Waals surface area contributed by atoms with E-state index in [1.54, 1.807) is 6.92 Å². The average molecular weight is 142 g/mol. The Morgan fingerprint density at radius 1 is 1.80 bits per heavy atom. The van der Waals surface area contributed by atoms with Crippen LogP contribution in [-0.2, 0) is 9.53 Å². The first-order valence-electron chi connectivity index (χ1n) is 3.69. The van der Waals surface area contributed by atoms with Gasteiger partial charge in [-0.05, 0) is 6.42 Å². The molecule has 0 aromatic carbocycles. The molecule has 1 atom stereocenters. The number of ether oxygens (including phenoxy) is 1. The monoisotopic (exact) mass is 142 g/mol. The number of carbonyl (C=O) groups is 1. The van der Waals surface area contributed by atoms with Gasteiger partial charge in [0.15, 0.2) is 6.23 Å². The molecule has 0 saturated carbocycles. The number of hydrogen-bond acceptors (Lipinski definition) is 2. The van der Waals surface area contributed by atoms with E-state index < -0.39 is 0 Å². The van der Waals surface area contributed by atoms with Gasteiger partial charge in [0.2, 0.25) is 0 Å². The van der Waals surface area contributed by atoms with Gasteiger partial charge in [0, 0.05) is 19.4 Å². The van der Waals surface area contributed by atoms with Gasteiger partial charge in [0.1, 0.15) is 0 Å². The topological polar surface area (TPSA) is 40.4 Å². The molecule has 0 amide bonds. The summed E-state index contributed by atoms with van der Waals surface area (Å²) in [5.74, 6) is -0.143. The van der Waals surface area contributed by atoms with Gasteiger partial charge in [-0.15, -0.1) is 0 Å². The van der Waals surface area contributed by atoms with Gasteiger partial charge in [-0.3, -0.25) is 4.79 Å². The van der Waals surface area contributed by atoms with Gasteiger partial charge >= 0.3 is 5.97 Å². The first kappa shape index (κ1) is 7.54. The zero-order valence-electron chi connectivity index (χ0n) is 6.17. The van der Waals surface area contributed by atoms with Gasteiger partial charge in [0.05, 0.1) is 0 Å². The average Bonchev–Trinajstić information content (AvgIpc) is 2.40. The highest BCUT2D eigenvalue weighted by Crippen LogP contribution is 2.08. The third-order valence-corrected chi connectivity index (χ3v) is 1.50. The largest absolute Gasteiger partial charge is 0.445 e. The number of rotatable bonds is 2. The predicted molar refractivity (Wildman–Crippen MR) is 36.4 cm³/mol.